The van der Waals surface area contributed by atoms with Crippen LogP contribution >= 0.6 is 0 Å². The lowest BCUT2D eigenvalue weighted by atomic mass is 9.96. The molecule has 0 fully saturated rings. The zero-order valence-electron chi connectivity index (χ0n) is 12.3. The molecule has 0 aliphatic carbocycles. The summed E-state index contributed by atoms with van der Waals surface area (Å²) in [6.07, 6.45) is 1.63. The van der Waals surface area contributed by atoms with E-state index in [1.165, 1.54) is 5.56 Å². The van der Waals surface area contributed by atoms with Gasteiger partial charge in [-0.3, -0.25) is 0 Å². The van der Waals surface area contributed by atoms with E-state index in [0.717, 1.165) is 12.0 Å². The maximum absolute atomic E-state index is 11.9. The van der Waals surface area contributed by atoms with Crippen molar-refractivity contribution in [1.29, 1.82) is 0 Å². The lowest BCUT2D eigenvalue weighted by Gasteiger charge is -2.23. The van der Waals surface area contributed by atoms with E-state index in [-0.39, 0.29) is 17.7 Å². The molecule has 1 aromatic carbocycles. The van der Waals surface area contributed by atoms with Crippen molar-refractivity contribution in [3.05, 3.63) is 35.4 Å². The average molecular weight is 283 g/mol. The molecular formula is C15H25NO2S. The van der Waals surface area contributed by atoms with Crippen LogP contribution in [0, 0.1) is 5.92 Å². The van der Waals surface area contributed by atoms with Crippen molar-refractivity contribution in [1.82, 2.24) is 4.72 Å². The molecule has 1 rings (SSSR count). The minimum absolute atomic E-state index is 0.151. The zero-order chi connectivity index (χ0) is 14.5. The Morgan fingerprint density at radius 3 is 2.11 bits per heavy atom. The normalized spacial score (nSPS) is 13.7. The van der Waals surface area contributed by atoms with Crippen LogP contribution in [0.2, 0.25) is 0 Å². The van der Waals surface area contributed by atoms with Crippen molar-refractivity contribution in [3.8, 4) is 0 Å². The topological polar surface area (TPSA) is 46.2 Å². The van der Waals surface area contributed by atoms with Gasteiger partial charge in [0.05, 0.1) is 5.75 Å². The second-order valence-electron chi connectivity index (χ2n) is 5.25. The van der Waals surface area contributed by atoms with Crippen molar-refractivity contribution in [2.45, 2.75) is 46.6 Å². The van der Waals surface area contributed by atoms with E-state index < -0.39 is 10.0 Å². The summed E-state index contributed by atoms with van der Waals surface area (Å²) in [4.78, 5) is 0. The minimum Gasteiger partial charge on any atom is -0.212 e. The van der Waals surface area contributed by atoms with Crippen LogP contribution in [0.5, 0.6) is 0 Å². The predicted molar refractivity (Wildman–Crippen MR) is 80.6 cm³/mol. The number of sulfonamides is 1. The summed E-state index contributed by atoms with van der Waals surface area (Å²) in [6.45, 7) is 8.05. The van der Waals surface area contributed by atoms with Gasteiger partial charge < -0.3 is 0 Å². The average Bonchev–Trinajstić information content (AvgIpc) is 2.36. The molecule has 1 unspecified atom stereocenters. The van der Waals surface area contributed by atoms with Gasteiger partial charge in [-0.25, -0.2) is 13.1 Å². The summed E-state index contributed by atoms with van der Waals surface area (Å²) in [6, 6.07) is 8.04. The molecule has 0 saturated heterocycles. The van der Waals surface area contributed by atoms with Gasteiger partial charge in [0.2, 0.25) is 10.0 Å². The van der Waals surface area contributed by atoms with Gasteiger partial charge in [-0.15, -0.1) is 0 Å². The summed E-state index contributed by atoms with van der Waals surface area (Å²) in [5, 5.41) is 0. The third kappa shape index (κ3) is 4.96. The quantitative estimate of drug-likeness (QED) is 0.834. The van der Waals surface area contributed by atoms with Gasteiger partial charge in [0.15, 0.2) is 0 Å². The molecule has 3 nitrogen and oxygen atoms in total. The molecule has 0 spiro atoms. The molecule has 0 amide bonds. The van der Waals surface area contributed by atoms with E-state index in [4.69, 9.17) is 0 Å². The highest BCUT2D eigenvalue weighted by atomic mass is 32.2. The smallest absolute Gasteiger partial charge is 0.212 e. The fraction of sp³-hybridized carbons (Fsp3) is 0.600. The van der Waals surface area contributed by atoms with Gasteiger partial charge >= 0.3 is 0 Å². The van der Waals surface area contributed by atoms with Gasteiger partial charge in [-0.2, -0.15) is 0 Å². The van der Waals surface area contributed by atoms with Gasteiger partial charge in [0, 0.05) is 6.04 Å². The SMILES string of the molecule is CCCS(=O)(=O)NC(c1ccc(CC)cc1)C(C)C. The Balaban J connectivity index is 2.94. The molecule has 0 heterocycles. The third-order valence-electron chi connectivity index (χ3n) is 3.19. The second kappa shape index (κ2) is 7.06. The summed E-state index contributed by atoms with van der Waals surface area (Å²) in [5.41, 5.74) is 2.30. The van der Waals surface area contributed by atoms with Crippen LogP contribution in [0.25, 0.3) is 0 Å². The Hall–Kier alpha value is -0.870. The highest BCUT2D eigenvalue weighted by Crippen LogP contribution is 2.23. The van der Waals surface area contributed by atoms with E-state index in [1.54, 1.807) is 0 Å². The van der Waals surface area contributed by atoms with Crippen molar-refractivity contribution < 1.29 is 8.42 Å². The Bertz CT molecular complexity index is 477. The molecule has 0 aliphatic heterocycles. The van der Waals surface area contributed by atoms with E-state index in [1.807, 2.05) is 32.9 Å². The lowest BCUT2D eigenvalue weighted by Crippen LogP contribution is -2.33. The van der Waals surface area contributed by atoms with Crippen LogP contribution in [-0.4, -0.2) is 14.2 Å². The number of nitrogens with one attached hydrogen (secondary N) is 1. The molecule has 4 heteroatoms. The van der Waals surface area contributed by atoms with Crippen LogP contribution in [0.4, 0.5) is 0 Å². The van der Waals surface area contributed by atoms with Crippen LogP contribution < -0.4 is 4.72 Å². The molecule has 0 bridgehead atoms. The highest BCUT2D eigenvalue weighted by molar-refractivity contribution is 7.89. The molecule has 1 atom stereocenters. The zero-order valence-corrected chi connectivity index (χ0v) is 13.1. The van der Waals surface area contributed by atoms with Crippen molar-refractivity contribution in [2.75, 3.05) is 5.75 Å². The summed E-state index contributed by atoms with van der Waals surface area (Å²) in [5.74, 6) is 0.405. The van der Waals surface area contributed by atoms with Crippen molar-refractivity contribution in [2.24, 2.45) is 5.92 Å². The third-order valence-corrected chi connectivity index (χ3v) is 4.75. The fourth-order valence-electron chi connectivity index (χ4n) is 2.07. The molecule has 108 valence electrons. The molecule has 0 aliphatic rings. The molecule has 0 aromatic heterocycles. The van der Waals surface area contributed by atoms with E-state index in [9.17, 15) is 8.42 Å². The van der Waals surface area contributed by atoms with Crippen LogP contribution in [0.3, 0.4) is 0 Å². The lowest BCUT2D eigenvalue weighted by molar-refractivity contribution is 0.462. The van der Waals surface area contributed by atoms with E-state index in [0.29, 0.717) is 6.42 Å². The first-order valence-electron chi connectivity index (χ1n) is 6.98. The highest BCUT2D eigenvalue weighted by Gasteiger charge is 2.21. The largest absolute Gasteiger partial charge is 0.212 e. The number of aryl methyl sites for hydroxylation is 1. The van der Waals surface area contributed by atoms with E-state index >= 15 is 0 Å². The second-order valence-corrected chi connectivity index (χ2v) is 7.13. The van der Waals surface area contributed by atoms with Gasteiger partial charge in [-0.1, -0.05) is 52.0 Å². The number of hydrogen-bond acceptors (Lipinski definition) is 2. The Morgan fingerprint density at radius 1 is 1.11 bits per heavy atom. The maximum Gasteiger partial charge on any atom is 0.212 e. The summed E-state index contributed by atoms with van der Waals surface area (Å²) in [7, 11) is -3.19. The van der Waals surface area contributed by atoms with Crippen LogP contribution in [-0.2, 0) is 16.4 Å². The van der Waals surface area contributed by atoms with Gasteiger partial charge in [0.1, 0.15) is 0 Å². The molecule has 1 aromatic rings. The number of rotatable bonds is 7. The van der Waals surface area contributed by atoms with Crippen molar-refractivity contribution in [3.63, 3.8) is 0 Å². The standard InChI is InChI=1S/C15H25NO2S/c1-5-11-19(17,18)16-15(12(3)4)14-9-7-13(6-2)8-10-14/h7-10,12,15-16H,5-6,11H2,1-4H3. The molecule has 0 radical (unpaired) electrons. The Morgan fingerprint density at radius 2 is 1.68 bits per heavy atom. The number of hydrogen-bond donors (Lipinski definition) is 1. The van der Waals surface area contributed by atoms with E-state index in [2.05, 4.69) is 23.8 Å². The molecular weight excluding hydrogens is 258 g/mol. The summed E-state index contributed by atoms with van der Waals surface area (Å²) >= 11 is 0. The Kier molecular flexibility index (Phi) is 6.01. The number of benzene rings is 1. The Labute approximate surface area is 117 Å². The molecule has 1 N–H and O–H groups in total. The molecule has 19 heavy (non-hydrogen) atoms. The van der Waals surface area contributed by atoms with Crippen LogP contribution in [0.1, 0.15) is 51.3 Å². The predicted octanol–water partition coefficient (Wildman–Crippen LogP) is 3.28. The first-order valence-corrected chi connectivity index (χ1v) is 8.63. The van der Waals surface area contributed by atoms with Gasteiger partial charge in [0.25, 0.3) is 0 Å². The monoisotopic (exact) mass is 283 g/mol. The summed E-state index contributed by atoms with van der Waals surface area (Å²) < 4.78 is 26.7. The van der Waals surface area contributed by atoms with Crippen molar-refractivity contribution >= 4 is 10.0 Å². The maximum atomic E-state index is 11.9. The minimum atomic E-state index is -3.19. The first kappa shape index (κ1) is 16.2. The van der Waals surface area contributed by atoms with Crippen LogP contribution in [0.15, 0.2) is 24.3 Å². The fourth-order valence-corrected chi connectivity index (χ4v) is 3.52. The first-order chi connectivity index (χ1) is 8.89. The van der Waals surface area contributed by atoms with Gasteiger partial charge in [-0.05, 0) is 29.9 Å². The molecule has 0 saturated carbocycles.